The Bertz CT molecular complexity index is 1520. The van der Waals surface area contributed by atoms with Gasteiger partial charge in [-0.15, -0.1) is 0 Å². The Morgan fingerprint density at radius 1 is 0.971 bits per heavy atom. The molecule has 0 fully saturated rings. The first-order chi connectivity index (χ1) is 16.6. The van der Waals surface area contributed by atoms with Crippen LogP contribution in [0, 0.1) is 5.82 Å². The minimum Gasteiger partial charge on any atom is -0.392 e. The van der Waals surface area contributed by atoms with Gasteiger partial charge < -0.3 is 14.8 Å². The number of aliphatic hydroxyl groups is 2. The van der Waals surface area contributed by atoms with Crippen LogP contribution in [0.4, 0.5) is 17.6 Å². The van der Waals surface area contributed by atoms with Crippen molar-refractivity contribution in [1.82, 2.24) is 14.3 Å². The molecule has 0 aliphatic carbocycles. The van der Waals surface area contributed by atoms with Crippen LogP contribution in [0.1, 0.15) is 18.1 Å². The van der Waals surface area contributed by atoms with Crippen molar-refractivity contribution in [3.63, 3.8) is 0 Å². The Labute approximate surface area is 197 Å². The average molecular weight is 483 g/mol. The standard InChI is InChI=1S/C26H21F4N3O2/c1-16(34)14-32-15-22(21-4-2-3-5-24(21)32)25(35,26(28,29)30)18-6-11-23-17(12-18)13-31-33(23)20-9-7-19(27)8-10-20/h2-13,15-16,34-35H,14H2,1H3/t16-,25?/m0/s1. The highest BCUT2D eigenvalue weighted by Gasteiger charge is 2.57. The van der Waals surface area contributed by atoms with Crippen LogP contribution in [0.5, 0.6) is 0 Å². The Kier molecular flexibility index (Phi) is 5.41. The van der Waals surface area contributed by atoms with E-state index in [0.717, 1.165) is 0 Å². The number of aliphatic hydroxyl groups excluding tert-OH is 1. The summed E-state index contributed by atoms with van der Waals surface area (Å²) in [5.74, 6) is -0.419. The van der Waals surface area contributed by atoms with E-state index in [9.17, 15) is 27.8 Å². The lowest BCUT2D eigenvalue weighted by molar-refractivity contribution is -0.247. The summed E-state index contributed by atoms with van der Waals surface area (Å²) in [6.07, 6.45) is -3.20. The molecule has 0 aliphatic heterocycles. The molecule has 5 rings (SSSR count). The maximum atomic E-state index is 14.6. The maximum Gasteiger partial charge on any atom is 0.425 e. The molecular weight excluding hydrogens is 462 g/mol. The third-order valence-corrected chi connectivity index (χ3v) is 6.11. The van der Waals surface area contributed by atoms with E-state index >= 15 is 0 Å². The van der Waals surface area contributed by atoms with Gasteiger partial charge in [0, 0.05) is 34.6 Å². The molecule has 1 unspecified atom stereocenters. The van der Waals surface area contributed by atoms with Crippen molar-refractivity contribution in [1.29, 1.82) is 0 Å². The van der Waals surface area contributed by atoms with E-state index in [2.05, 4.69) is 5.10 Å². The number of benzene rings is 3. The van der Waals surface area contributed by atoms with Crippen LogP contribution >= 0.6 is 0 Å². The molecule has 3 aromatic carbocycles. The third-order valence-electron chi connectivity index (χ3n) is 6.11. The normalized spacial score (nSPS) is 14.9. The van der Waals surface area contributed by atoms with Gasteiger partial charge in [0.05, 0.1) is 23.5 Å². The maximum absolute atomic E-state index is 14.6. The Balaban J connectivity index is 1.70. The monoisotopic (exact) mass is 483 g/mol. The zero-order valence-electron chi connectivity index (χ0n) is 18.5. The van der Waals surface area contributed by atoms with E-state index in [-0.39, 0.29) is 23.1 Å². The van der Waals surface area contributed by atoms with Crippen molar-refractivity contribution < 1.29 is 27.8 Å². The highest BCUT2D eigenvalue weighted by atomic mass is 19.4. The fourth-order valence-electron chi connectivity index (χ4n) is 4.49. The molecule has 2 N–H and O–H groups in total. The van der Waals surface area contributed by atoms with Gasteiger partial charge in [-0.3, -0.25) is 0 Å². The summed E-state index contributed by atoms with van der Waals surface area (Å²) in [6, 6.07) is 15.9. The third kappa shape index (κ3) is 3.77. The van der Waals surface area contributed by atoms with Crippen LogP contribution in [-0.2, 0) is 12.1 Å². The topological polar surface area (TPSA) is 63.2 Å². The molecule has 0 spiro atoms. The van der Waals surface area contributed by atoms with Gasteiger partial charge in [0.15, 0.2) is 0 Å². The molecule has 0 amide bonds. The van der Waals surface area contributed by atoms with Gasteiger partial charge in [0.2, 0.25) is 5.60 Å². The lowest BCUT2D eigenvalue weighted by Crippen LogP contribution is -2.43. The molecule has 2 aromatic heterocycles. The predicted molar refractivity (Wildman–Crippen MR) is 124 cm³/mol. The summed E-state index contributed by atoms with van der Waals surface area (Å²) < 4.78 is 60.2. The van der Waals surface area contributed by atoms with E-state index in [1.54, 1.807) is 18.2 Å². The van der Waals surface area contributed by atoms with Crippen molar-refractivity contribution in [2.75, 3.05) is 0 Å². The fourth-order valence-corrected chi connectivity index (χ4v) is 4.49. The van der Waals surface area contributed by atoms with Gasteiger partial charge in [-0.05, 0) is 55.0 Å². The van der Waals surface area contributed by atoms with Crippen molar-refractivity contribution in [3.8, 4) is 5.69 Å². The molecule has 0 aliphatic rings. The summed E-state index contributed by atoms with van der Waals surface area (Å²) in [5.41, 5.74) is -2.50. The van der Waals surface area contributed by atoms with Crippen molar-refractivity contribution in [2.24, 2.45) is 0 Å². The van der Waals surface area contributed by atoms with Crippen molar-refractivity contribution in [3.05, 3.63) is 96.1 Å². The lowest BCUT2D eigenvalue weighted by atomic mass is 9.85. The van der Waals surface area contributed by atoms with Gasteiger partial charge in [0.25, 0.3) is 0 Å². The van der Waals surface area contributed by atoms with Crippen molar-refractivity contribution >= 4 is 21.8 Å². The van der Waals surface area contributed by atoms with Crippen molar-refractivity contribution in [2.45, 2.75) is 31.3 Å². The lowest BCUT2D eigenvalue weighted by Gasteiger charge is -2.31. The van der Waals surface area contributed by atoms with Gasteiger partial charge >= 0.3 is 6.18 Å². The molecule has 0 saturated heterocycles. The van der Waals surface area contributed by atoms with Crippen LogP contribution < -0.4 is 0 Å². The molecule has 0 saturated carbocycles. The first kappa shape index (κ1) is 23.1. The molecular formula is C26H21F4N3O2. The number of para-hydroxylation sites is 1. The highest BCUT2D eigenvalue weighted by Crippen LogP contribution is 2.47. The zero-order valence-corrected chi connectivity index (χ0v) is 18.5. The Morgan fingerprint density at radius 2 is 1.69 bits per heavy atom. The molecule has 5 nitrogen and oxygen atoms in total. The van der Waals surface area contributed by atoms with Crippen LogP contribution in [0.15, 0.2) is 79.1 Å². The van der Waals surface area contributed by atoms with E-state index in [1.807, 2.05) is 0 Å². The molecule has 0 bridgehead atoms. The van der Waals surface area contributed by atoms with Crippen LogP contribution in [-0.4, -0.2) is 36.8 Å². The average Bonchev–Trinajstić information content (AvgIpc) is 3.40. The second kappa shape index (κ2) is 8.21. The Hall–Kier alpha value is -3.69. The molecule has 0 radical (unpaired) electrons. The molecule has 2 atom stereocenters. The molecule has 5 aromatic rings. The van der Waals surface area contributed by atoms with E-state index < -0.39 is 23.7 Å². The first-order valence-electron chi connectivity index (χ1n) is 10.9. The number of alkyl halides is 3. The van der Waals surface area contributed by atoms with E-state index in [4.69, 9.17) is 0 Å². The summed E-state index contributed by atoms with van der Waals surface area (Å²) in [5, 5.41) is 26.1. The SMILES string of the molecule is C[C@H](O)Cn1cc(C(O)(c2ccc3c(cnn3-c3ccc(F)cc3)c2)C(F)(F)F)c2ccccc21. The van der Waals surface area contributed by atoms with Gasteiger partial charge in [-0.1, -0.05) is 24.3 Å². The molecule has 2 heterocycles. The highest BCUT2D eigenvalue weighted by molar-refractivity contribution is 5.87. The molecule has 35 heavy (non-hydrogen) atoms. The van der Waals surface area contributed by atoms with Crippen LogP contribution in [0.25, 0.3) is 27.5 Å². The largest absolute Gasteiger partial charge is 0.425 e. The first-order valence-corrected chi connectivity index (χ1v) is 10.9. The van der Waals surface area contributed by atoms with E-state index in [0.29, 0.717) is 22.1 Å². The number of fused-ring (bicyclic) bond motifs is 2. The predicted octanol–water partition coefficient (Wildman–Crippen LogP) is 5.30. The summed E-state index contributed by atoms with van der Waals surface area (Å²) in [7, 11) is 0. The number of aromatic nitrogens is 3. The smallest absolute Gasteiger partial charge is 0.392 e. The number of halogens is 4. The van der Waals surface area contributed by atoms with E-state index in [1.165, 1.54) is 77.1 Å². The van der Waals surface area contributed by atoms with Gasteiger partial charge in [-0.2, -0.15) is 18.3 Å². The van der Waals surface area contributed by atoms with Crippen LogP contribution in [0.3, 0.4) is 0 Å². The molecule has 180 valence electrons. The minimum atomic E-state index is -5.05. The second-order valence-corrected chi connectivity index (χ2v) is 8.58. The van der Waals surface area contributed by atoms with Gasteiger partial charge in [0.1, 0.15) is 5.82 Å². The summed E-state index contributed by atoms with van der Waals surface area (Å²) in [4.78, 5) is 0. The van der Waals surface area contributed by atoms with Crippen LogP contribution in [0.2, 0.25) is 0 Å². The minimum absolute atomic E-state index is 0.0674. The fraction of sp³-hybridized carbons (Fsp3) is 0.192. The van der Waals surface area contributed by atoms with Gasteiger partial charge in [-0.25, -0.2) is 9.07 Å². The number of hydrogen-bond donors (Lipinski definition) is 2. The number of rotatable bonds is 5. The molecule has 9 heteroatoms. The number of nitrogens with zero attached hydrogens (tertiary/aromatic N) is 3. The summed E-state index contributed by atoms with van der Waals surface area (Å²) in [6.45, 7) is 1.61. The number of hydrogen-bond acceptors (Lipinski definition) is 3. The second-order valence-electron chi connectivity index (χ2n) is 8.58. The quantitative estimate of drug-likeness (QED) is 0.334. The zero-order chi connectivity index (χ0) is 25.0. The summed E-state index contributed by atoms with van der Waals surface area (Å²) >= 11 is 0. The Morgan fingerprint density at radius 3 is 2.37 bits per heavy atom.